The Balaban J connectivity index is 1.49. The van der Waals surface area contributed by atoms with Gasteiger partial charge in [0.25, 0.3) is 5.69 Å². The summed E-state index contributed by atoms with van der Waals surface area (Å²) in [5.74, 6) is 1.31. The van der Waals surface area contributed by atoms with Gasteiger partial charge >= 0.3 is 0 Å². The first-order valence-electron chi connectivity index (χ1n) is 14.4. The van der Waals surface area contributed by atoms with Gasteiger partial charge in [0.15, 0.2) is 11.5 Å². The van der Waals surface area contributed by atoms with Crippen LogP contribution in [0.25, 0.3) is 6.08 Å². The van der Waals surface area contributed by atoms with Crippen LogP contribution in [0.5, 0.6) is 11.5 Å². The lowest BCUT2D eigenvalue weighted by molar-refractivity contribution is -0.384. The summed E-state index contributed by atoms with van der Waals surface area (Å²) in [7, 11) is 3.15. The fourth-order valence-corrected chi connectivity index (χ4v) is 4.78. The van der Waals surface area contributed by atoms with Crippen LogP contribution in [0.4, 0.5) is 5.69 Å². The van der Waals surface area contributed by atoms with E-state index in [9.17, 15) is 19.7 Å². The van der Waals surface area contributed by atoms with Crippen LogP contribution < -0.4 is 9.47 Å². The van der Waals surface area contributed by atoms with Gasteiger partial charge in [0, 0.05) is 50.9 Å². The van der Waals surface area contributed by atoms with Gasteiger partial charge in [-0.25, -0.2) is 0 Å². The Morgan fingerprint density at radius 3 is 2.41 bits per heavy atom. The third kappa shape index (κ3) is 9.41. The summed E-state index contributed by atoms with van der Waals surface area (Å²) < 4.78 is 21.8. The number of ether oxygens (including phenoxy) is 3. The van der Waals surface area contributed by atoms with E-state index in [4.69, 9.17) is 18.6 Å². The Labute approximate surface area is 256 Å². The molecule has 0 aliphatic carbocycles. The molecule has 0 N–H and O–H groups in total. The lowest BCUT2D eigenvalue weighted by Crippen LogP contribution is -2.47. The van der Waals surface area contributed by atoms with Crippen molar-refractivity contribution in [3.63, 3.8) is 0 Å². The lowest BCUT2D eigenvalue weighted by atomic mass is 10.1. The fourth-order valence-electron chi connectivity index (χ4n) is 4.78. The molecule has 0 radical (unpaired) electrons. The number of carbonyl (C=O) groups is 2. The zero-order valence-electron chi connectivity index (χ0n) is 25.1. The van der Waals surface area contributed by atoms with Gasteiger partial charge in [0.2, 0.25) is 11.8 Å². The summed E-state index contributed by atoms with van der Waals surface area (Å²) in [6.45, 7) is 4.22. The smallest absolute Gasteiger partial charge is 0.269 e. The highest BCUT2D eigenvalue weighted by molar-refractivity contribution is 5.94. The Morgan fingerprint density at radius 1 is 1.00 bits per heavy atom. The van der Waals surface area contributed by atoms with Crippen LogP contribution in [0.3, 0.4) is 0 Å². The largest absolute Gasteiger partial charge is 0.493 e. The van der Waals surface area contributed by atoms with Crippen LogP contribution >= 0.6 is 0 Å². The number of nitro groups is 1. The van der Waals surface area contributed by atoms with Crippen LogP contribution in [0.15, 0.2) is 71.4 Å². The molecule has 1 aliphatic heterocycles. The molecule has 1 fully saturated rings. The molecule has 4 rings (SSSR count). The molecule has 1 aliphatic rings. The fraction of sp³-hybridized carbons (Fsp3) is 0.375. The normalized spacial score (nSPS) is 13.5. The number of nitrogens with zero attached hydrogens (tertiary/aromatic N) is 4. The Kier molecular flexibility index (Phi) is 11.9. The Bertz CT molecular complexity index is 1400. The number of nitro benzene ring substituents is 1. The number of hydrogen-bond donors (Lipinski definition) is 0. The van der Waals surface area contributed by atoms with E-state index in [0.717, 1.165) is 18.7 Å². The molecule has 12 heteroatoms. The third-order valence-electron chi connectivity index (χ3n) is 7.35. The molecule has 2 amide bonds. The van der Waals surface area contributed by atoms with E-state index >= 15 is 0 Å². The van der Waals surface area contributed by atoms with Gasteiger partial charge in [-0.15, -0.1) is 0 Å². The standard InChI is InChI=1S/C32H38N4O8/c1-41-29-11-7-26(22-30(29)42-2)13-14-34(23-28-4-3-19-44-28)32(38)24-35(16-15-33-17-20-43-21-18-33)31(37)12-8-25-5-9-27(10-6-25)36(39)40/h3-12,19,22H,13-18,20-21,23-24H2,1-2H3/b12-8+. The number of benzene rings is 2. The second kappa shape index (κ2) is 16.2. The molecule has 2 aromatic carbocycles. The first-order valence-corrected chi connectivity index (χ1v) is 14.4. The van der Waals surface area contributed by atoms with Gasteiger partial charge in [-0.3, -0.25) is 24.6 Å². The summed E-state index contributed by atoms with van der Waals surface area (Å²) >= 11 is 0. The molecular weight excluding hydrogens is 568 g/mol. The van der Waals surface area contributed by atoms with Gasteiger partial charge in [-0.1, -0.05) is 6.07 Å². The maximum Gasteiger partial charge on any atom is 0.269 e. The van der Waals surface area contributed by atoms with Gasteiger partial charge in [0.05, 0.1) is 45.2 Å². The number of morpholine rings is 1. The number of rotatable bonds is 15. The van der Waals surface area contributed by atoms with Crippen LogP contribution in [0.1, 0.15) is 16.9 Å². The van der Waals surface area contributed by atoms with E-state index in [1.807, 2.05) is 24.3 Å². The van der Waals surface area contributed by atoms with Crippen LogP contribution in [0, 0.1) is 10.1 Å². The zero-order valence-corrected chi connectivity index (χ0v) is 25.1. The maximum absolute atomic E-state index is 13.8. The average molecular weight is 607 g/mol. The zero-order chi connectivity index (χ0) is 31.3. The molecule has 0 bridgehead atoms. The van der Waals surface area contributed by atoms with Gasteiger partial charge < -0.3 is 28.4 Å². The third-order valence-corrected chi connectivity index (χ3v) is 7.35. The number of furan rings is 1. The molecule has 1 aromatic heterocycles. The summed E-state index contributed by atoms with van der Waals surface area (Å²) in [4.78, 5) is 43.1. The molecule has 1 saturated heterocycles. The lowest BCUT2D eigenvalue weighted by Gasteiger charge is -2.31. The van der Waals surface area contributed by atoms with Crippen LogP contribution in [-0.4, -0.2) is 98.1 Å². The van der Waals surface area contributed by atoms with Crippen molar-refractivity contribution < 1.29 is 33.1 Å². The van der Waals surface area contributed by atoms with Crippen LogP contribution in [0.2, 0.25) is 0 Å². The van der Waals surface area contributed by atoms with E-state index in [2.05, 4.69) is 4.90 Å². The Hall–Kier alpha value is -4.68. The molecular formula is C32H38N4O8. The van der Waals surface area contributed by atoms with E-state index in [0.29, 0.717) is 62.1 Å². The molecule has 0 saturated carbocycles. The number of amides is 2. The van der Waals surface area contributed by atoms with Gasteiger partial charge in [-0.05, 0) is 60.0 Å². The first-order chi connectivity index (χ1) is 21.4. The van der Waals surface area contributed by atoms with Gasteiger partial charge in [0.1, 0.15) is 12.3 Å². The predicted octanol–water partition coefficient (Wildman–Crippen LogP) is 3.65. The minimum Gasteiger partial charge on any atom is -0.493 e. The molecule has 12 nitrogen and oxygen atoms in total. The highest BCUT2D eigenvalue weighted by Gasteiger charge is 2.23. The monoisotopic (exact) mass is 606 g/mol. The molecule has 44 heavy (non-hydrogen) atoms. The Morgan fingerprint density at radius 2 is 1.75 bits per heavy atom. The maximum atomic E-state index is 13.8. The number of hydrogen-bond acceptors (Lipinski definition) is 9. The average Bonchev–Trinajstić information content (AvgIpc) is 3.57. The van der Waals surface area contributed by atoms with Crippen molar-refractivity contribution in [1.29, 1.82) is 0 Å². The predicted molar refractivity (Wildman–Crippen MR) is 163 cm³/mol. The van der Waals surface area contributed by atoms with E-state index in [1.165, 1.54) is 23.1 Å². The van der Waals surface area contributed by atoms with Crippen molar-refractivity contribution in [1.82, 2.24) is 14.7 Å². The molecule has 0 spiro atoms. The minimum atomic E-state index is -0.475. The van der Waals surface area contributed by atoms with Crippen molar-refractivity contribution in [3.8, 4) is 11.5 Å². The quantitative estimate of drug-likeness (QED) is 0.145. The SMILES string of the molecule is COc1ccc(CCN(Cc2ccco2)C(=O)CN(CCN2CCOCC2)C(=O)/C=C/c2ccc([N+](=O)[O-])cc2)cc1OC. The summed E-state index contributed by atoms with van der Waals surface area (Å²) in [6, 6.07) is 15.1. The summed E-state index contributed by atoms with van der Waals surface area (Å²) in [6.07, 6.45) is 5.10. The molecule has 3 aromatic rings. The second-order valence-electron chi connectivity index (χ2n) is 10.2. The van der Waals surface area contributed by atoms with Crippen LogP contribution in [-0.2, 0) is 27.3 Å². The van der Waals surface area contributed by atoms with Gasteiger partial charge in [-0.2, -0.15) is 0 Å². The van der Waals surface area contributed by atoms with E-state index < -0.39 is 4.92 Å². The molecule has 234 valence electrons. The van der Waals surface area contributed by atoms with E-state index in [1.54, 1.807) is 49.7 Å². The molecule has 0 unspecified atom stereocenters. The number of methoxy groups -OCH3 is 2. The first kappa shape index (κ1) is 32.2. The van der Waals surface area contributed by atoms with Crippen molar-refractivity contribution in [3.05, 3.63) is 93.9 Å². The minimum absolute atomic E-state index is 0.0315. The molecule has 0 atom stereocenters. The van der Waals surface area contributed by atoms with E-state index in [-0.39, 0.29) is 30.6 Å². The highest BCUT2D eigenvalue weighted by atomic mass is 16.6. The molecule has 2 heterocycles. The van der Waals surface area contributed by atoms with Crippen molar-refractivity contribution in [2.45, 2.75) is 13.0 Å². The number of carbonyl (C=O) groups excluding carboxylic acids is 2. The summed E-state index contributed by atoms with van der Waals surface area (Å²) in [5, 5.41) is 11.0. The van der Waals surface area contributed by atoms with Crippen molar-refractivity contribution >= 4 is 23.6 Å². The highest BCUT2D eigenvalue weighted by Crippen LogP contribution is 2.28. The topological polar surface area (TPSA) is 128 Å². The number of non-ortho nitro benzene ring substituents is 1. The van der Waals surface area contributed by atoms with Crippen molar-refractivity contribution in [2.75, 3.05) is 66.7 Å². The summed E-state index contributed by atoms with van der Waals surface area (Å²) in [5.41, 5.74) is 1.57. The second-order valence-corrected chi connectivity index (χ2v) is 10.2. The van der Waals surface area contributed by atoms with Crippen molar-refractivity contribution in [2.24, 2.45) is 0 Å².